The van der Waals surface area contributed by atoms with Crippen molar-refractivity contribution in [1.82, 2.24) is 9.78 Å². The molecule has 2 aromatic rings. The summed E-state index contributed by atoms with van der Waals surface area (Å²) in [5.41, 5.74) is 1.90. The lowest BCUT2D eigenvalue weighted by Gasteiger charge is -2.07. The number of ketones is 1. The molecular formula is C15H16N2OS. The summed E-state index contributed by atoms with van der Waals surface area (Å²) >= 11 is 1.77. The second kappa shape index (κ2) is 5.21. The van der Waals surface area contributed by atoms with Gasteiger partial charge in [0.05, 0.1) is 17.7 Å². The Bertz CT molecular complexity index is 606. The Morgan fingerprint density at radius 3 is 3.16 bits per heavy atom. The molecule has 0 radical (unpaired) electrons. The van der Waals surface area contributed by atoms with Crippen LogP contribution in [0, 0.1) is 0 Å². The summed E-state index contributed by atoms with van der Waals surface area (Å²) in [6, 6.07) is 8.19. The van der Waals surface area contributed by atoms with Crippen molar-refractivity contribution in [2.45, 2.75) is 30.7 Å². The zero-order chi connectivity index (χ0) is 13.2. The maximum atomic E-state index is 12.6. The van der Waals surface area contributed by atoms with E-state index in [4.69, 9.17) is 0 Å². The number of benzene rings is 1. The predicted octanol–water partition coefficient (Wildman–Crippen LogP) is 3.37. The van der Waals surface area contributed by atoms with E-state index in [-0.39, 0.29) is 11.7 Å². The Kier molecular flexibility index (Phi) is 3.42. The first-order valence-corrected chi connectivity index (χ1v) is 7.56. The summed E-state index contributed by atoms with van der Waals surface area (Å²) in [6.07, 6.45) is 4.60. The van der Waals surface area contributed by atoms with Crippen LogP contribution in [0.5, 0.6) is 0 Å². The van der Waals surface area contributed by atoms with Crippen LogP contribution in [0.1, 0.15) is 35.2 Å². The zero-order valence-corrected chi connectivity index (χ0v) is 11.7. The summed E-state index contributed by atoms with van der Waals surface area (Å²) in [6.45, 7) is 2.97. The summed E-state index contributed by atoms with van der Waals surface area (Å²) < 4.78 is 1.85. The number of carbonyl (C=O) groups excluding carboxylic acids is 1. The average molecular weight is 272 g/mol. The predicted molar refractivity (Wildman–Crippen MR) is 76.8 cm³/mol. The molecule has 0 fully saturated rings. The number of thioether (sulfide) groups is 1. The maximum Gasteiger partial charge on any atom is 0.174 e. The summed E-state index contributed by atoms with van der Waals surface area (Å²) in [4.78, 5) is 13.8. The lowest BCUT2D eigenvalue weighted by atomic mass is 9.94. The van der Waals surface area contributed by atoms with Gasteiger partial charge in [0, 0.05) is 23.4 Å². The summed E-state index contributed by atoms with van der Waals surface area (Å²) in [5.74, 6) is 1.03. The second-order valence-electron chi connectivity index (χ2n) is 4.76. The van der Waals surface area contributed by atoms with Crippen LogP contribution in [0.3, 0.4) is 0 Å². The number of rotatable bonds is 4. The standard InChI is InChI=1S/C15H16N2OS/c1-2-7-17-9-11(8-16-17)15(18)13-10-19-14-6-4-3-5-12(13)14/h3-6,8-9,13H,2,7,10H2,1H3. The lowest BCUT2D eigenvalue weighted by Crippen LogP contribution is -2.11. The monoisotopic (exact) mass is 272 g/mol. The SMILES string of the molecule is CCCn1cc(C(=O)C2CSc3ccccc32)cn1. The van der Waals surface area contributed by atoms with Gasteiger partial charge in [0.2, 0.25) is 0 Å². The van der Waals surface area contributed by atoms with E-state index >= 15 is 0 Å². The molecule has 98 valence electrons. The van der Waals surface area contributed by atoms with Gasteiger partial charge < -0.3 is 0 Å². The van der Waals surface area contributed by atoms with Crippen molar-refractivity contribution in [2.24, 2.45) is 0 Å². The number of aromatic nitrogens is 2. The molecule has 0 amide bonds. The van der Waals surface area contributed by atoms with Gasteiger partial charge in [-0.15, -0.1) is 11.8 Å². The molecular weight excluding hydrogens is 256 g/mol. The van der Waals surface area contributed by atoms with Crippen LogP contribution >= 0.6 is 11.8 Å². The normalized spacial score (nSPS) is 17.4. The van der Waals surface area contributed by atoms with Gasteiger partial charge in [-0.25, -0.2) is 0 Å². The second-order valence-corrected chi connectivity index (χ2v) is 5.82. The fourth-order valence-corrected chi connectivity index (χ4v) is 3.65. The molecule has 1 aromatic carbocycles. The molecule has 2 heterocycles. The maximum absolute atomic E-state index is 12.6. The first-order chi connectivity index (χ1) is 9.29. The van der Waals surface area contributed by atoms with Crippen molar-refractivity contribution in [3.8, 4) is 0 Å². The molecule has 1 aliphatic heterocycles. The highest BCUT2D eigenvalue weighted by Crippen LogP contribution is 2.40. The van der Waals surface area contributed by atoms with Crippen molar-refractivity contribution >= 4 is 17.5 Å². The van der Waals surface area contributed by atoms with Gasteiger partial charge in [-0.3, -0.25) is 9.48 Å². The van der Waals surface area contributed by atoms with E-state index in [1.807, 2.05) is 23.0 Å². The Hall–Kier alpha value is -1.55. The molecule has 0 saturated heterocycles. The Balaban J connectivity index is 1.85. The van der Waals surface area contributed by atoms with Gasteiger partial charge in [0.15, 0.2) is 5.78 Å². The van der Waals surface area contributed by atoms with E-state index in [1.165, 1.54) is 10.5 Å². The molecule has 0 saturated carbocycles. The fourth-order valence-electron chi connectivity index (χ4n) is 2.42. The van der Waals surface area contributed by atoms with Crippen LogP contribution < -0.4 is 0 Å². The lowest BCUT2D eigenvalue weighted by molar-refractivity contribution is 0.0968. The molecule has 0 bridgehead atoms. The highest BCUT2D eigenvalue weighted by atomic mass is 32.2. The minimum Gasteiger partial charge on any atom is -0.293 e. The van der Waals surface area contributed by atoms with Gasteiger partial charge >= 0.3 is 0 Å². The highest BCUT2D eigenvalue weighted by Gasteiger charge is 2.30. The van der Waals surface area contributed by atoms with Crippen LogP contribution in [-0.2, 0) is 6.54 Å². The summed E-state index contributed by atoms with van der Waals surface area (Å²) in [5, 5.41) is 4.24. The van der Waals surface area contributed by atoms with Gasteiger partial charge in [0.1, 0.15) is 0 Å². The topological polar surface area (TPSA) is 34.9 Å². The van der Waals surface area contributed by atoms with Crippen LogP contribution in [0.4, 0.5) is 0 Å². The third-order valence-electron chi connectivity index (χ3n) is 3.39. The number of hydrogen-bond donors (Lipinski definition) is 0. The van der Waals surface area contributed by atoms with E-state index in [9.17, 15) is 4.79 Å². The first kappa shape index (κ1) is 12.5. The van der Waals surface area contributed by atoms with Crippen LogP contribution in [0.2, 0.25) is 0 Å². The van der Waals surface area contributed by atoms with E-state index in [0.29, 0.717) is 0 Å². The zero-order valence-electron chi connectivity index (χ0n) is 10.9. The van der Waals surface area contributed by atoms with Crippen molar-refractivity contribution in [2.75, 3.05) is 5.75 Å². The van der Waals surface area contributed by atoms with E-state index in [2.05, 4.69) is 24.2 Å². The van der Waals surface area contributed by atoms with Crippen LogP contribution in [0.25, 0.3) is 0 Å². The minimum absolute atomic E-state index is 0.0134. The van der Waals surface area contributed by atoms with Crippen molar-refractivity contribution in [3.63, 3.8) is 0 Å². The fraction of sp³-hybridized carbons (Fsp3) is 0.333. The van der Waals surface area contributed by atoms with Crippen molar-refractivity contribution < 1.29 is 4.79 Å². The van der Waals surface area contributed by atoms with E-state index in [0.717, 1.165) is 24.3 Å². The number of fused-ring (bicyclic) bond motifs is 1. The Labute approximate surface area is 117 Å². The molecule has 1 unspecified atom stereocenters. The molecule has 0 spiro atoms. The average Bonchev–Trinajstić information content (AvgIpc) is 3.05. The molecule has 0 N–H and O–H groups in total. The molecule has 1 aromatic heterocycles. The van der Waals surface area contributed by atoms with Gasteiger partial charge in [0.25, 0.3) is 0 Å². The third-order valence-corrected chi connectivity index (χ3v) is 4.57. The molecule has 1 aliphatic rings. The minimum atomic E-state index is -0.0134. The van der Waals surface area contributed by atoms with Crippen LogP contribution in [0.15, 0.2) is 41.6 Å². The smallest absolute Gasteiger partial charge is 0.174 e. The first-order valence-electron chi connectivity index (χ1n) is 6.58. The number of aryl methyl sites for hydroxylation is 1. The molecule has 3 nitrogen and oxygen atoms in total. The molecule has 1 atom stereocenters. The summed E-state index contributed by atoms with van der Waals surface area (Å²) in [7, 11) is 0. The Morgan fingerprint density at radius 2 is 2.32 bits per heavy atom. The van der Waals surface area contributed by atoms with Gasteiger partial charge in [-0.05, 0) is 18.1 Å². The Morgan fingerprint density at radius 1 is 1.47 bits per heavy atom. The molecule has 4 heteroatoms. The van der Waals surface area contributed by atoms with E-state index < -0.39 is 0 Å². The largest absolute Gasteiger partial charge is 0.293 e. The molecule has 0 aliphatic carbocycles. The molecule has 3 rings (SSSR count). The van der Waals surface area contributed by atoms with Gasteiger partial charge in [-0.1, -0.05) is 25.1 Å². The molecule has 19 heavy (non-hydrogen) atoms. The number of hydrogen-bond acceptors (Lipinski definition) is 3. The number of Topliss-reactive ketones (excluding diaryl/α,β-unsaturated/α-hetero) is 1. The van der Waals surface area contributed by atoms with Crippen LogP contribution in [-0.4, -0.2) is 21.3 Å². The quantitative estimate of drug-likeness (QED) is 0.800. The third kappa shape index (κ3) is 2.32. The van der Waals surface area contributed by atoms with Gasteiger partial charge in [-0.2, -0.15) is 5.10 Å². The number of nitrogens with zero attached hydrogens (tertiary/aromatic N) is 2. The van der Waals surface area contributed by atoms with Crippen molar-refractivity contribution in [3.05, 3.63) is 47.8 Å². The van der Waals surface area contributed by atoms with E-state index in [1.54, 1.807) is 18.0 Å². The highest BCUT2D eigenvalue weighted by molar-refractivity contribution is 7.99. The van der Waals surface area contributed by atoms with Crippen molar-refractivity contribution in [1.29, 1.82) is 0 Å². The number of carbonyl (C=O) groups is 1.